The Hall–Kier alpha value is -0.900. The first-order valence-corrected chi connectivity index (χ1v) is 6.38. The minimum atomic E-state index is -0.683. The Morgan fingerprint density at radius 3 is 2.59 bits per heavy atom. The van der Waals surface area contributed by atoms with E-state index in [4.69, 9.17) is 5.11 Å². The fourth-order valence-corrected chi connectivity index (χ4v) is 2.57. The molecule has 0 atom stereocenters. The van der Waals surface area contributed by atoms with Gasteiger partial charge >= 0.3 is 0 Å². The van der Waals surface area contributed by atoms with Gasteiger partial charge in [-0.05, 0) is 49.9 Å². The van der Waals surface area contributed by atoms with E-state index in [0.29, 0.717) is 0 Å². The average molecular weight is 235 g/mol. The van der Waals surface area contributed by atoms with Crippen molar-refractivity contribution in [3.05, 3.63) is 35.4 Å². The highest BCUT2D eigenvalue weighted by Gasteiger charge is 2.32. The van der Waals surface area contributed by atoms with Crippen molar-refractivity contribution in [2.24, 2.45) is 0 Å². The van der Waals surface area contributed by atoms with Crippen molar-refractivity contribution in [3.63, 3.8) is 0 Å². The van der Waals surface area contributed by atoms with Gasteiger partial charge in [-0.25, -0.2) is 0 Å². The molecule has 3 heteroatoms. The largest absolute Gasteiger partial charge is 0.396 e. The fraction of sp³-hybridized carbons (Fsp3) is 0.571. The average Bonchev–Trinajstić information content (AvgIpc) is 2.37. The van der Waals surface area contributed by atoms with E-state index in [2.05, 4.69) is 11.4 Å². The van der Waals surface area contributed by atoms with Crippen LogP contribution in [0.1, 0.15) is 30.4 Å². The van der Waals surface area contributed by atoms with E-state index in [1.54, 1.807) is 0 Å². The lowest BCUT2D eigenvalue weighted by atomic mass is 9.81. The fourth-order valence-electron chi connectivity index (χ4n) is 2.57. The van der Waals surface area contributed by atoms with Crippen molar-refractivity contribution < 1.29 is 10.2 Å². The maximum absolute atomic E-state index is 10.7. The minimum absolute atomic E-state index is 0.203. The topological polar surface area (TPSA) is 52.5 Å². The van der Waals surface area contributed by atoms with Crippen LogP contribution in [0.25, 0.3) is 0 Å². The van der Waals surface area contributed by atoms with Gasteiger partial charge in [0.2, 0.25) is 0 Å². The van der Waals surface area contributed by atoms with Crippen LogP contribution in [0.15, 0.2) is 24.3 Å². The Morgan fingerprint density at radius 2 is 1.88 bits per heavy atom. The van der Waals surface area contributed by atoms with Crippen molar-refractivity contribution in [2.75, 3.05) is 19.7 Å². The predicted molar refractivity (Wildman–Crippen MR) is 67.8 cm³/mol. The first-order valence-electron chi connectivity index (χ1n) is 6.38. The third-order valence-corrected chi connectivity index (χ3v) is 3.55. The zero-order valence-electron chi connectivity index (χ0n) is 10.2. The van der Waals surface area contributed by atoms with E-state index in [9.17, 15) is 5.11 Å². The van der Waals surface area contributed by atoms with Crippen LogP contribution in [-0.4, -0.2) is 29.9 Å². The molecule has 1 aliphatic rings. The summed E-state index contributed by atoms with van der Waals surface area (Å²) in [6.07, 6.45) is 3.13. The van der Waals surface area contributed by atoms with Gasteiger partial charge < -0.3 is 15.5 Å². The van der Waals surface area contributed by atoms with Gasteiger partial charge in [-0.1, -0.05) is 24.3 Å². The van der Waals surface area contributed by atoms with Crippen molar-refractivity contribution >= 4 is 0 Å². The van der Waals surface area contributed by atoms with Crippen LogP contribution in [0, 0.1) is 0 Å². The first kappa shape index (κ1) is 12.6. The van der Waals surface area contributed by atoms with Gasteiger partial charge in [0.05, 0.1) is 5.60 Å². The molecule has 0 aliphatic carbocycles. The van der Waals surface area contributed by atoms with Crippen molar-refractivity contribution in [2.45, 2.75) is 31.3 Å². The predicted octanol–water partition coefficient (Wildman–Crippen LogP) is 1.18. The summed E-state index contributed by atoms with van der Waals surface area (Å²) in [6.45, 7) is 1.93. The van der Waals surface area contributed by atoms with Crippen molar-refractivity contribution in [3.8, 4) is 0 Å². The van der Waals surface area contributed by atoms with E-state index in [1.807, 2.05) is 18.2 Å². The van der Waals surface area contributed by atoms with Crippen LogP contribution in [0.4, 0.5) is 0 Å². The van der Waals surface area contributed by atoms with E-state index in [-0.39, 0.29) is 6.61 Å². The Labute approximate surface area is 102 Å². The number of benzene rings is 1. The van der Waals surface area contributed by atoms with Crippen LogP contribution < -0.4 is 5.32 Å². The summed E-state index contributed by atoms with van der Waals surface area (Å²) in [4.78, 5) is 0. The molecule has 0 bridgehead atoms. The van der Waals surface area contributed by atoms with Crippen molar-refractivity contribution in [1.82, 2.24) is 5.32 Å². The molecule has 3 nitrogen and oxygen atoms in total. The molecule has 0 radical (unpaired) electrons. The molecule has 1 heterocycles. The summed E-state index contributed by atoms with van der Waals surface area (Å²) < 4.78 is 0. The molecule has 0 saturated carbocycles. The smallest absolute Gasteiger partial charge is 0.0923 e. The molecule has 1 aliphatic heterocycles. The number of nitrogens with one attached hydrogen (secondary N) is 1. The van der Waals surface area contributed by atoms with Gasteiger partial charge in [0, 0.05) is 6.61 Å². The second-order valence-electron chi connectivity index (χ2n) is 4.77. The number of aryl methyl sites for hydroxylation is 1. The number of rotatable bonds is 4. The molecule has 0 spiro atoms. The Bertz CT molecular complexity index is 359. The van der Waals surface area contributed by atoms with Gasteiger partial charge in [0.15, 0.2) is 0 Å². The molecule has 1 saturated heterocycles. The summed E-state index contributed by atoms with van der Waals surface area (Å²) in [6, 6.07) is 8.07. The van der Waals surface area contributed by atoms with E-state index in [0.717, 1.165) is 44.3 Å². The lowest BCUT2D eigenvalue weighted by Crippen LogP contribution is -2.40. The lowest BCUT2D eigenvalue weighted by molar-refractivity contribution is 0.00508. The third kappa shape index (κ3) is 2.86. The SMILES string of the molecule is OCCCc1ccccc1C1(O)CCNCC1. The maximum Gasteiger partial charge on any atom is 0.0923 e. The molecule has 0 unspecified atom stereocenters. The molecule has 1 aromatic rings. The zero-order valence-corrected chi connectivity index (χ0v) is 10.2. The maximum atomic E-state index is 10.7. The quantitative estimate of drug-likeness (QED) is 0.734. The highest BCUT2D eigenvalue weighted by Crippen LogP contribution is 2.33. The molecule has 17 heavy (non-hydrogen) atoms. The van der Waals surface area contributed by atoms with Crippen LogP contribution >= 0.6 is 0 Å². The standard InChI is InChI=1S/C14H21NO2/c16-11-3-5-12-4-1-2-6-13(12)14(17)7-9-15-10-8-14/h1-2,4,6,15-17H,3,5,7-11H2. The summed E-state index contributed by atoms with van der Waals surface area (Å²) in [7, 11) is 0. The summed E-state index contributed by atoms with van der Waals surface area (Å²) in [5.74, 6) is 0. The first-order chi connectivity index (χ1) is 8.26. The second kappa shape index (κ2) is 5.63. The van der Waals surface area contributed by atoms with Crippen LogP contribution in [0.3, 0.4) is 0 Å². The van der Waals surface area contributed by atoms with Crippen LogP contribution in [-0.2, 0) is 12.0 Å². The number of aliphatic hydroxyl groups is 2. The number of hydrogen-bond acceptors (Lipinski definition) is 3. The molecule has 1 fully saturated rings. The summed E-state index contributed by atoms with van der Waals surface area (Å²) in [5.41, 5.74) is 1.54. The number of aliphatic hydroxyl groups excluding tert-OH is 1. The van der Waals surface area contributed by atoms with Crippen molar-refractivity contribution in [1.29, 1.82) is 0 Å². The zero-order chi connectivity index (χ0) is 12.1. The minimum Gasteiger partial charge on any atom is -0.396 e. The monoisotopic (exact) mass is 235 g/mol. The number of piperidine rings is 1. The van der Waals surface area contributed by atoms with E-state index in [1.165, 1.54) is 5.56 Å². The van der Waals surface area contributed by atoms with Gasteiger partial charge in [0.1, 0.15) is 0 Å². The molecule has 2 rings (SSSR count). The summed E-state index contributed by atoms with van der Waals surface area (Å²) in [5, 5.41) is 22.9. The van der Waals surface area contributed by atoms with Gasteiger partial charge in [-0.2, -0.15) is 0 Å². The Balaban J connectivity index is 2.23. The highest BCUT2D eigenvalue weighted by atomic mass is 16.3. The van der Waals surface area contributed by atoms with Gasteiger partial charge in [0.25, 0.3) is 0 Å². The van der Waals surface area contributed by atoms with E-state index >= 15 is 0 Å². The second-order valence-corrected chi connectivity index (χ2v) is 4.77. The molecule has 0 amide bonds. The molecular weight excluding hydrogens is 214 g/mol. The normalized spacial score (nSPS) is 19.2. The molecule has 1 aromatic carbocycles. The van der Waals surface area contributed by atoms with Crippen LogP contribution in [0.2, 0.25) is 0 Å². The highest BCUT2D eigenvalue weighted by molar-refractivity contribution is 5.33. The van der Waals surface area contributed by atoms with E-state index < -0.39 is 5.60 Å². The van der Waals surface area contributed by atoms with Gasteiger partial charge in [-0.3, -0.25) is 0 Å². The molecule has 0 aromatic heterocycles. The van der Waals surface area contributed by atoms with Gasteiger partial charge in [-0.15, -0.1) is 0 Å². The molecule has 94 valence electrons. The summed E-state index contributed by atoms with van der Waals surface area (Å²) >= 11 is 0. The molecular formula is C14H21NO2. The molecule has 3 N–H and O–H groups in total. The van der Waals surface area contributed by atoms with Crippen LogP contribution in [0.5, 0.6) is 0 Å². The lowest BCUT2D eigenvalue weighted by Gasteiger charge is -2.34. The Morgan fingerprint density at radius 1 is 1.18 bits per heavy atom. The number of hydrogen-bond donors (Lipinski definition) is 3. The Kier molecular flexibility index (Phi) is 4.15. The third-order valence-electron chi connectivity index (χ3n) is 3.55.